The number of para-hydroxylation sites is 1. The summed E-state index contributed by atoms with van der Waals surface area (Å²) in [6.07, 6.45) is 0. The Bertz CT molecular complexity index is 668. The van der Waals surface area contributed by atoms with Gasteiger partial charge in [-0.1, -0.05) is 18.2 Å². The summed E-state index contributed by atoms with van der Waals surface area (Å²) in [5, 5.41) is 1.04. The van der Waals surface area contributed by atoms with Crippen LogP contribution in [0.25, 0.3) is 10.9 Å². The van der Waals surface area contributed by atoms with E-state index in [4.69, 9.17) is 14.0 Å². The van der Waals surface area contributed by atoms with E-state index in [1.165, 1.54) is 0 Å². The van der Waals surface area contributed by atoms with Crippen molar-refractivity contribution in [2.45, 2.75) is 38.9 Å². The Balaban J connectivity index is 2.08. The van der Waals surface area contributed by atoms with Crippen LogP contribution < -0.4 is 10.3 Å². The van der Waals surface area contributed by atoms with Gasteiger partial charge in [-0.25, -0.2) is 0 Å². The Morgan fingerprint density at radius 1 is 1.05 bits per heavy atom. The molecule has 1 aromatic carbocycles. The van der Waals surface area contributed by atoms with Gasteiger partial charge in [0.2, 0.25) is 0 Å². The Morgan fingerprint density at radius 2 is 1.67 bits per heavy atom. The second-order valence-electron chi connectivity index (χ2n) is 6.36. The van der Waals surface area contributed by atoms with E-state index in [-0.39, 0.29) is 0 Å². The van der Waals surface area contributed by atoms with Crippen LogP contribution in [-0.4, -0.2) is 30.4 Å². The summed E-state index contributed by atoms with van der Waals surface area (Å²) in [4.78, 5) is 4.68. The van der Waals surface area contributed by atoms with E-state index in [0.717, 1.165) is 10.9 Å². The predicted molar refractivity (Wildman–Crippen MR) is 84.0 cm³/mol. The first kappa shape index (κ1) is 14.4. The summed E-state index contributed by atoms with van der Waals surface area (Å²) in [5.41, 5.74) is 0.810. The summed E-state index contributed by atoms with van der Waals surface area (Å²) < 4.78 is 17.6. The molecule has 0 N–H and O–H groups in total. The lowest BCUT2D eigenvalue weighted by molar-refractivity contribution is 0.00578. The third kappa shape index (κ3) is 2.30. The molecule has 110 valence electrons. The lowest BCUT2D eigenvalue weighted by Gasteiger charge is -2.32. The molecule has 2 heterocycles. The molecule has 0 unspecified atom stereocenters. The fourth-order valence-electron chi connectivity index (χ4n) is 2.40. The minimum absolute atomic E-state index is 0.393. The first-order valence-electron chi connectivity index (χ1n) is 7.13. The third-order valence-electron chi connectivity index (χ3n) is 4.41. The van der Waals surface area contributed by atoms with Crippen molar-refractivity contribution in [3.8, 4) is 5.75 Å². The highest BCUT2D eigenvalue weighted by atomic mass is 16.7. The second kappa shape index (κ2) is 4.72. The monoisotopic (exact) mass is 285 g/mol. The number of benzene rings is 1. The van der Waals surface area contributed by atoms with E-state index in [2.05, 4.69) is 4.98 Å². The zero-order valence-electron chi connectivity index (χ0n) is 13.1. The van der Waals surface area contributed by atoms with E-state index in [1.54, 1.807) is 7.11 Å². The third-order valence-corrected chi connectivity index (χ3v) is 4.41. The van der Waals surface area contributed by atoms with Gasteiger partial charge >= 0.3 is 7.12 Å². The van der Waals surface area contributed by atoms with Crippen LogP contribution in [0.3, 0.4) is 0 Å². The Hall–Kier alpha value is -1.59. The van der Waals surface area contributed by atoms with Crippen molar-refractivity contribution in [2.24, 2.45) is 0 Å². The molecule has 2 aromatic rings. The summed E-state index contributed by atoms with van der Waals surface area (Å²) in [5.74, 6) is 0.687. The first-order valence-corrected chi connectivity index (χ1v) is 7.13. The molecule has 0 aliphatic carbocycles. The first-order chi connectivity index (χ1) is 9.84. The zero-order chi connectivity index (χ0) is 15.3. The van der Waals surface area contributed by atoms with Gasteiger partial charge in [0, 0.05) is 5.39 Å². The number of nitrogens with zero attached hydrogens (tertiary/aromatic N) is 1. The van der Waals surface area contributed by atoms with E-state index in [1.807, 2.05) is 58.0 Å². The molecule has 21 heavy (non-hydrogen) atoms. The van der Waals surface area contributed by atoms with Crippen LogP contribution in [0.5, 0.6) is 5.75 Å². The van der Waals surface area contributed by atoms with Gasteiger partial charge in [0.1, 0.15) is 11.3 Å². The van der Waals surface area contributed by atoms with Crippen molar-refractivity contribution < 1.29 is 14.0 Å². The quantitative estimate of drug-likeness (QED) is 0.795. The largest absolute Gasteiger partial charge is 0.518 e. The molecule has 1 aromatic heterocycles. The van der Waals surface area contributed by atoms with Crippen LogP contribution in [0.4, 0.5) is 0 Å². The molecule has 1 aliphatic rings. The fourth-order valence-corrected chi connectivity index (χ4v) is 2.40. The van der Waals surface area contributed by atoms with Gasteiger partial charge in [-0.2, -0.15) is 0 Å². The van der Waals surface area contributed by atoms with Crippen LogP contribution in [-0.2, 0) is 9.31 Å². The fraction of sp³-hybridized carbons (Fsp3) is 0.438. The average molecular weight is 285 g/mol. The standard InChI is InChI=1S/C16H20BNO3/c1-15(2)16(3,4)21-17(20-15)14-13(19-5)10-11-8-6-7-9-12(11)18-14/h6-10H,1-5H3. The van der Waals surface area contributed by atoms with Crippen LogP contribution in [0, 0.1) is 0 Å². The number of rotatable bonds is 2. The molecular weight excluding hydrogens is 265 g/mol. The number of fused-ring (bicyclic) bond motifs is 1. The number of ether oxygens (including phenoxy) is 1. The molecule has 0 bridgehead atoms. The van der Waals surface area contributed by atoms with E-state index in [9.17, 15) is 0 Å². The molecule has 4 nitrogen and oxygen atoms in total. The van der Waals surface area contributed by atoms with E-state index < -0.39 is 18.3 Å². The second-order valence-corrected chi connectivity index (χ2v) is 6.36. The molecule has 0 spiro atoms. The topological polar surface area (TPSA) is 40.6 Å². The van der Waals surface area contributed by atoms with Gasteiger partial charge in [0.05, 0.1) is 23.8 Å². The Morgan fingerprint density at radius 3 is 2.29 bits per heavy atom. The van der Waals surface area contributed by atoms with Crippen LogP contribution in [0.15, 0.2) is 30.3 Å². The molecular formula is C16H20BNO3. The van der Waals surface area contributed by atoms with Crippen LogP contribution in [0.1, 0.15) is 27.7 Å². The molecule has 0 atom stereocenters. The number of pyridine rings is 1. The highest BCUT2D eigenvalue weighted by molar-refractivity contribution is 6.62. The zero-order valence-corrected chi connectivity index (χ0v) is 13.1. The highest BCUT2D eigenvalue weighted by Crippen LogP contribution is 2.37. The molecule has 1 fully saturated rings. The maximum Gasteiger partial charge on any atom is 0.518 e. The number of methoxy groups -OCH3 is 1. The molecule has 0 radical (unpaired) electrons. The van der Waals surface area contributed by atoms with E-state index >= 15 is 0 Å². The Kier molecular flexibility index (Phi) is 3.22. The summed E-state index contributed by atoms with van der Waals surface area (Å²) in [6.45, 7) is 8.11. The van der Waals surface area contributed by atoms with Crippen molar-refractivity contribution in [3.05, 3.63) is 30.3 Å². The lowest BCUT2D eigenvalue weighted by Crippen LogP contribution is -2.41. The summed E-state index contributed by atoms with van der Waals surface area (Å²) in [6, 6.07) is 9.92. The van der Waals surface area contributed by atoms with Crippen molar-refractivity contribution in [1.29, 1.82) is 0 Å². The minimum atomic E-state index is -0.519. The predicted octanol–water partition coefficient (Wildman–Crippen LogP) is 2.54. The van der Waals surface area contributed by atoms with Gasteiger partial charge in [-0.15, -0.1) is 0 Å². The lowest BCUT2D eigenvalue weighted by atomic mass is 9.83. The molecule has 3 rings (SSSR count). The van der Waals surface area contributed by atoms with Crippen molar-refractivity contribution in [2.75, 3.05) is 7.11 Å². The SMILES string of the molecule is COc1cc2ccccc2nc1B1OC(C)(C)C(C)(C)O1. The average Bonchev–Trinajstić information content (AvgIpc) is 2.66. The maximum atomic E-state index is 6.08. The normalized spacial score (nSPS) is 20.0. The number of aromatic nitrogens is 1. The van der Waals surface area contributed by atoms with Gasteiger partial charge in [-0.05, 0) is 39.8 Å². The number of hydrogen-bond donors (Lipinski definition) is 0. The smallest absolute Gasteiger partial charge is 0.495 e. The van der Waals surface area contributed by atoms with Gasteiger partial charge in [0.25, 0.3) is 0 Å². The minimum Gasteiger partial charge on any atom is -0.495 e. The van der Waals surface area contributed by atoms with Crippen molar-refractivity contribution >= 4 is 23.6 Å². The maximum absolute atomic E-state index is 6.08. The highest BCUT2D eigenvalue weighted by Gasteiger charge is 2.53. The van der Waals surface area contributed by atoms with Crippen molar-refractivity contribution in [3.63, 3.8) is 0 Å². The van der Waals surface area contributed by atoms with Crippen LogP contribution >= 0.6 is 0 Å². The molecule has 0 saturated carbocycles. The summed E-state index contributed by atoms with van der Waals surface area (Å²) >= 11 is 0. The molecule has 1 aliphatic heterocycles. The Labute approximate surface area is 125 Å². The van der Waals surface area contributed by atoms with Gasteiger partial charge in [-0.3, -0.25) is 4.98 Å². The summed E-state index contributed by atoms with van der Waals surface area (Å²) in [7, 11) is 1.12. The van der Waals surface area contributed by atoms with Crippen LogP contribution in [0.2, 0.25) is 0 Å². The molecule has 5 heteroatoms. The number of hydrogen-bond acceptors (Lipinski definition) is 4. The van der Waals surface area contributed by atoms with Gasteiger partial charge in [0.15, 0.2) is 0 Å². The van der Waals surface area contributed by atoms with E-state index in [0.29, 0.717) is 11.3 Å². The molecule has 1 saturated heterocycles. The molecule has 0 amide bonds. The van der Waals surface area contributed by atoms with Gasteiger partial charge < -0.3 is 14.0 Å². The van der Waals surface area contributed by atoms with Crippen molar-refractivity contribution in [1.82, 2.24) is 4.98 Å².